The molecule has 1 aromatic carbocycles. The lowest BCUT2D eigenvalue weighted by molar-refractivity contribution is 0.314. The first-order chi connectivity index (χ1) is 9.69. The highest BCUT2D eigenvalue weighted by Crippen LogP contribution is 2.51. The van der Waals surface area contributed by atoms with E-state index in [2.05, 4.69) is 27.0 Å². The van der Waals surface area contributed by atoms with Gasteiger partial charge in [-0.25, -0.2) is 4.79 Å². The minimum Gasteiger partial charge on any atom is -0.408 e. The van der Waals surface area contributed by atoms with E-state index in [1.54, 1.807) is 0 Å². The Morgan fingerprint density at radius 3 is 3.00 bits per heavy atom. The standard InChI is InChI=1S/C16H18BrNO2/c17-13(7-12-6-9-1-2-10(12)5-9)11-3-4-14-15(8-11)20-16(19)18-14/h3-4,8-10,12-13H,1-2,5-7H2,(H,18,19). The highest BCUT2D eigenvalue weighted by molar-refractivity contribution is 9.09. The molecule has 1 N–H and O–H groups in total. The first kappa shape index (κ1) is 12.7. The van der Waals surface area contributed by atoms with Gasteiger partial charge < -0.3 is 4.42 Å². The molecule has 2 bridgehead atoms. The third-order valence-corrected chi connectivity index (χ3v) is 6.10. The lowest BCUT2D eigenvalue weighted by atomic mass is 9.84. The van der Waals surface area contributed by atoms with E-state index in [0.29, 0.717) is 10.4 Å². The van der Waals surface area contributed by atoms with Crippen LogP contribution in [0, 0.1) is 17.8 Å². The summed E-state index contributed by atoms with van der Waals surface area (Å²) in [5.41, 5.74) is 2.64. The van der Waals surface area contributed by atoms with Gasteiger partial charge in [0, 0.05) is 4.83 Å². The fourth-order valence-electron chi connectivity index (χ4n) is 4.22. The predicted octanol–water partition coefficient (Wildman–Crippen LogP) is 4.38. The van der Waals surface area contributed by atoms with Crippen molar-refractivity contribution in [2.75, 3.05) is 0 Å². The van der Waals surface area contributed by atoms with Crippen LogP contribution in [0.5, 0.6) is 0 Å². The molecule has 4 atom stereocenters. The molecule has 0 amide bonds. The van der Waals surface area contributed by atoms with Crippen LogP contribution in [0.1, 0.15) is 42.5 Å². The summed E-state index contributed by atoms with van der Waals surface area (Å²) in [6.07, 6.45) is 6.95. The van der Waals surface area contributed by atoms with E-state index in [1.165, 1.54) is 37.7 Å². The third-order valence-electron chi connectivity index (χ3n) is 5.20. The molecule has 4 rings (SSSR count). The van der Waals surface area contributed by atoms with Crippen LogP contribution in [-0.4, -0.2) is 4.98 Å². The average Bonchev–Trinajstić information content (AvgIpc) is 3.10. The highest BCUT2D eigenvalue weighted by Gasteiger charge is 2.39. The molecule has 3 nitrogen and oxygen atoms in total. The van der Waals surface area contributed by atoms with Crippen LogP contribution in [0.25, 0.3) is 11.1 Å². The zero-order valence-corrected chi connectivity index (χ0v) is 12.9. The van der Waals surface area contributed by atoms with Crippen molar-refractivity contribution in [3.63, 3.8) is 0 Å². The summed E-state index contributed by atoms with van der Waals surface area (Å²) in [6, 6.07) is 6.00. The minimum absolute atomic E-state index is 0.358. The van der Waals surface area contributed by atoms with Crippen molar-refractivity contribution in [2.24, 2.45) is 17.8 Å². The fraction of sp³-hybridized carbons (Fsp3) is 0.562. The van der Waals surface area contributed by atoms with Crippen molar-refractivity contribution in [1.29, 1.82) is 0 Å². The maximum atomic E-state index is 11.2. The van der Waals surface area contributed by atoms with Crippen molar-refractivity contribution < 1.29 is 4.42 Å². The van der Waals surface area contributed by atoms with Gasteiger partial charge in [-0.1, -0.05) is 28.4 Å². The van der Waals surface area contributed by atoms with E-state index in [0.717, 1.165) is 23.3 Å². The number of hydrogen-bond donors (Lipinski definition) is 1. The van der Waals surface area contributed by atoms with E-state index in [1.807, 2.05) is 12.1 Å². The molecule has 1 aromatic heterocycles. The number of rotatable bonds is 3. The zero-order valence-electron chi connectivity index (χ0n) is 11.3. The van der Waals surface area contributed by atoms with E-state index in [9.17, 15) is 4.79 Å². The predicted molar refractivity (Wildman–Crippen MR) is 82.1 cm³/mol. The first-order valence-electron chi connectivity index (χ1n) is 7.46. The quantitative estimate of drug-likeness (QED) is 0.846. The van der Waals surface area contributed by atoms with Crippen molar-refractivity contribution in [2.45, 2.75) is 36.9 Å². The van der Waals surface area contributed by atoms with Gasteiger partial charge in [-0.15, -0.1) is 0 Å². The molecule has 2 aliphatic carbocycles. The van der Waals surface area contributed by atoms with Crippen molar-refractivity contribution in [3.05, 3.63) is 34.3 Å². The summed E-state index contributed by atoms with van der Waals surface area (Å²) >= 11 is 3.83. The fourth-order valence-corrected chi connectivity index (χ4v) is 4.99. The molecule has 2 aromatic rings. The molecular formula is C16H18BrNO2. The molecular weight excluding hydrogens is 318 g/mol. The number of benzene rings is 1. The molecule has 0 spiro atoms. The zero-order chi connectivity index (χ0) is 13.7. The van der Waals surface area contributed by atoms with Crippen molar-refractivity contribution >= 4 is 27.0 Å². The van der Waals surface area contributed by atoms with Gasteiger partial charge in [-0.3, -0.25) is 4.98 Å². The summed E-state index contributed by atoms with van der Waals surface area (Å²) in [7, 11) is 0. The summed E-state index contributed by atoms with van der Waals surface area (Å²) < 4.78 is 5.15. The Morgan fingerprint density at radius 1 is 1.35 bits per heavy atom. The van der Waals surface area contributed by atoms with Crippen LogP contribution in [0.15, 0.2) is 27.4 Å². The molecule has 20 heavy (non-hydrogen) atoms. The SMILES string of the molecule is O=c1[nH]c2ccc(C(Br)CC3CC4CCC3C4)cc2o1. The van der Waals surface area contributed by atoms with E-state index in [4.69, 9.17) is 4.42 Å². The molecule has 4 unspecified atom stereocenters. The largest absolute Gasteiger partial charge is 0.417 e. The molecule has 1 heterocycles. The lowest BCUT2D eigenvalue weighted by Crippen LogP contribution is -2.12. The number of fused-ring (bicyclic) bond motifs is 3. The number of nitrogens with one attached hydrogen (secondary N) is 1. The van der Waals surface area contributed by atoms with Crippen molar-refractivity contribution in [3.8, 4) is 0 Å². The molecule has 0 aliphatic heterocycles. The van der Waals surface area contributed by atoms with Crippen LogP contribution >= 0.6 is 15.9 Å². The maximum absolute atomic E-state index is 11.2. The van der Waals surface area contributed by atoms with Gasteiger partial charge >= 0.3 is 5.76 Å². The Hall–Kier alpha value is -1.03. The van der Waals surface area contributed by atoms with Crippen LogP contribution in [0.3, 0.4) is 0 Å². The Kier molecular flexibility index (Phi) is 3.02. The average molecular weight is 336 g/mol. The second-order valence-electron chi connectivity index (χ2n) is 6.41. The Labute approximate surface area is 125 Å². The number of alkyl halides is 1. The van der Waals surface area contributed by atoms with Crippen molar-refractivity contribution in [1.82, 2.24) is 4.98 Å². The Balaban J connectivity index is 1.54. The lowest BCUT2D eigenvalue weighted by Gasteiger charge is -2.24. The van der Waals surface area contributed by atoms with Crippen LogP contribution in [-0.2, 0) is 0 Å². The van der Waals surface area contributed by atoms with Gasteiger partial charge in [0.2, 0.25) is 0 Å². The molecule has 0 saturated heterocycles. The third kappa shape index (κ3) is 2.14. The Morgan fingerprint density at radius 2 is 2.25 bits per heavy atom. The van der Waals surface area contributed by atoms with Gasteiger partial charge in [0.25, 0.3) is 0 Å². The topological polar surface area (TPSA) is 46.0 Å². The van der Waals surface area contributed by atoms with E-state index < -0.39 is 0 Å². The van der Waals surface area contributed by atoms with E-state index in [-0.39, 0.29) is 5.76 Å². The van der Waals surface area contributed by atoms with Gasteiger partial charge in [0.05, 0.1) is 5.52 Å². The van der Waals surface area contributed by atoms with Gasteiger partial charge in [0.1, 0.15) is 0 Å². The summed E-state index contributed by atoms with van der Waals surface area (Å²) in [6.45, 7) is 0. The second kappa shape index (κ2) is 4.76. The van der Waals surface area contributed by atoms with Crippen LogP contribution < -0.4 is 5.76 Å². The smallest absolute Gasteiger partial charge is 0.408 e. The maximum Gasteiger partial charge on any atom is 0.417 e. The molecule has 106 valence electrons. The number of oxazole rings is 1. The molecule has 4 heteroatoms. The number of H-pyrrole nitrogens is 1. The summed E-state index contributed by atoms with van der Waals surface area (Å²) in [4.78, 5) is 14.2. The normalized spacial score (nSPS) is 30.1. The minimum atomic E-state index is -0.378. The summed E-state index contributed by atoms with van der Waals surface area (Å²) in [5, 5.41) is 0. The van der Waals surface area contributed by atoms with Crippen LogP contribution in [0.2, 0.25) is 0 Å². The second-order valence-corrected chi connectivity index (χ2v) is 7.51. The van der Waals surface area contributed by atoms with Gasteiger partial charge in [0.15, 0.2) is 5.58 Å². The number of hydrogen-bond acceptors (Lipinski definition) is 2. The van der Waals surface area contributed by atoms with Crippen LogP contribution in [0.4, 0.5) is 0 Å². The van der Waals surface area contributed by atoms with Gasteiger partial charge in [-0.05, 0) is 61.1 Å². The first-order valence-corrected chi connectivity index (χ1v) is 8.37. The number of aromatic nitrogens is 1. The highest BCUT2D eigenvalue weighted by atomic mass is 79.9. The number of aromatic amines is 1. The monoisotopic (exact) mass is 335 g/mol. The molecule has 2 fully saturated rings. The van der Waals surface area contributed by atoms with Gasteiger partial charge in [-0.2, -0.15) is 0 Å². The molecule has 2 aliphatic rings. The summed E-state index contributed by atoms with van der Waals surface area (Å²) in [5.74, 6) is 2.44. The molecule has 0 radical (unpaired) electrons. The number of halogens is 1. The Bertz CT molecular complexity index is 689. The van der Waals surface area contributed by atoms with E-state index >= 15 is 0 Å². The molecule has 2 saturated carbocycles.